The molecule has 2 rings (SSSR count). The summed E-state index contributed by atoms with van der Waals surface area (Å²) >= 11 is 7.72. The fourth-order valence-electron chi connectivity index (χ4n) is 2.17. The minimum atomic E-state index is 0.0771. The predicted molar refractivity (Wildman–Crippen MR) is 87.0 cm³/mol. The van der Waals surface area contributed by atoms with E-state index in [-0.39, 0.29) is 12.1 Å². The molecular formula is C16H20ClNOS. The summed E-state index contributed by atoms with van der Waals surface area (Å²) in [5, 5.41) is 8.51. The Morgan fingerprint density at radius 3 is 2.85 bits per heavy atom. The van der Waals surface area contributed by atoms with Gasteiger partial charge in [0.05, 0.1) is 0 Å². The van der Waals surface area contributed by atoms with Crippen LogP contribution in [0.15, 0.2) is 41.1 Å². The molecule has 0 spiro atoms. The largest absolute Gasteiger partial charge is 0.489 e. The summed E-state index contributed by atoms with van der Waals surface area (Å²) < 4.78 is 6.02. The second-order valence-electron chi connectivity index (χ2n) is 4.78. The molecule has 20 heavy (non-hydrogen) atoms. The van der Waals surface area contributed by atoms with Gasteiger partial charge in [-0.1, -0.05) is 24.6 Å². The summed E-state index contributed by atoms with van der Waals surface area (Å²) in [5.74, 6) is 0.818. The van der Waals surface area contributed by atoms with Gasteiger partial charge in [0.2, 0.25) is 0 Å². The van der Waals surface area contributed by atoms with Crippen LogP contribution in [0.5, 0.6) is 5.75 Å². The third-order valence-electron chi connectivity index (χ3n) is 3.19. The molecule has 1 aromatic carbocycles. The highest BCUT2D eigenvalue weighted by Gasteiger charge is 2.18. The van der Waals surface area contributed by atoms with E-state index in [9.17, 15) is 0 Å². The summed E-state index contributed by atoms with van der Waals surface area (Å²) in [5.41, 5.74) is 1.35. The van der Waals surface area contributed by atoms with Crippen molar-refractivity contribution >= 4 is 22.9 Å². The Morgan fingerprint density at radius 1 is 1.35 bits per heavy atom. The van der Waals surface area contributed by atoms with Crippen LogP contribution in [0.3, 0.4) is 0 Å². The molecular weight excluding hydrogens is 290 g/mol. The molecule has 2 unspecified atom stereocenters. The number of benzene rings is 1. The molecule has 0 aliphatic rings. The van der Waals surface area contributed by atoms with Gasteiger partial charge in [0.1, 0.15) is 11.9 Å². The van der Waals surface area contributed by atoms with Gasteiger partial charge in [0.15, 0.2) is 0 Å². The number of nitrogens with one attached hydrogen (secondary N) is 1. The van der Waals surface area contributed by atoms with Gasteiger partial charge in [-0.15, -0.1) is 0 Å². The first-order chi connectivity index (χ1) is 9.69. The quantitative estimate of drug-likeness (QED) is 0.819. The van der Waals surface area contributed by atoms with Gasteiger partial charge in [-0.2, -0.15) is 11.3 Å². The molecule has 1 aromatic heterocycles. The van der Waals surface area contributed by atoms with Crippen LogP contribution in [0.1, 0.15) is 19.4 Å². The average Bonchev–Trinajstić information content (AvgIpc) is 2.91. The van der Waals surface area contributed by atoms with Crippen molar-refractivity contribution in [3.8, 4) is 5.75 Å². The van der Waals surface area contributed by atoms with Gasteiger partial charge in [-0.3, -0.25) is 0 Å². The van der Waals surface area contributed by atoms with Crippen molar-refractivity contribution < 1.29 is 4.74 Å². The van der Waals surface area contributed by atoms with Crippen molar-refractivity contribution in [2.45, 2.75) is 32.4 Å². The molecule has 0 fully saturated rings. The van der Waals surface area contributed by atoms with E-state index >= 15 is 0 Å². The van der Waals surface area contributed by atoms with Gasteiger partial charge >= 0.3 is 0 Å². The van der Waals surface area contributed by atoms with Crippen LogP contribution < -0.4 is 10.1 Å². The molecule has 4 heteroatoms. The summed E-state index contributed by atoms with van der Waals surface area (Å²) in [4.78, 5) is 0. The Bertz CT molecular complexity index is 515. The van der Waals surface area contributed by atoms with Gasteiger partial charge in [0, 0.05) is 11.1 Å². The van der Waals surface area contributed by atoms with Crippen molar-refractivity contribution in [2.75, 3.05) is 6.54 Å². The maximum absolute atomic E-state index is 6.02. The molecule has 2 atom stereocenters. The van der Waals surface area contributed by atoms with Crippen LogP contribution in [-0.2, 0) is 6.42 Å². The van der Waals surface area contributed by atoms with E-state index in [4.69, 9.17) is 16.3 Å². The van der Waals surface area contributed by atoms with Crippen LogP contribution in [-0.4, -0.2) is 18.7 Å². The molecule has 0 aliphatic carbocycles. The van der Waals surface area contributed by atoms with Gasteiger partial charge in [-0.25, -0.2) is 0 Å². The van der Waals surface area contributed by atoms with Gasteiger partial charge in [0.25, 0.3) is 0 Å². The zero-order valence-electron chi connectivity index (χ0n) is 11.8. The first-order valence-electron chi connectivity index (χ1n) is 6.85. The van der Waals surface area contributed by atoms with Crippen LogP contribution >= 0.6 is 22.9 Å². The minimum Gasteiger partial charge on any atom is -0.489 e. The first-order valence-corrected chi connectivity index (χ1v) is 8.17. The highest BCUT2D eigenvalue weighted by Crippen LogP contribution is 2.20. The smallest absolute Gasteiger partial charge is 0.121 e. The van der Waals surface area contributed by atoms with E-state index in [1.807, 2.05) is 24.3 Å². The number of hydrogen-bond acceptors (Lipinski definition) is 3. The molecule has 0 bridgehead atoms. The number of ether oxygens (including phenoxy) is 1. The number of likely N-dealkylation sites (N-methyl/N-ethyl adjacent to an activating group) is 1. The molecule has 0 aliphatic heterocycles. The van der Waals surface area contributed by atoms with Crippen LogP contribution in [0.25, 0.3) is 0 Å². The van der Waals surface area contributed by atoms with Gasteiger partial charge in [-0.05, 0) is 60.5 Å². The summed E-state index contributed by atoms with van der Waals surface area (Å²) in [6.07, 6.45) is 1.05. The second-order valence-corrected chi connectivity index (χ2v) is 6.00. The van der Waals surface area contributed by atoms with Crippen LogP contribution in [0, 0.1) is 0 Å². The molecule has 1 heterocycles. The highest BCUT2D eigenvalue weighted by molar-refractivity contribution is 7.07. The summed E-state index contributed by atoms with van der Waals surface area (Å²) in [6.45, 7) is 5.14. The number of hydrogen-bond donors (Lipinski definition) is 1. The van der Waals surface area contributed by atoms with Crippen molar-refractivity contribution in [3.05, 3.63) is 51.7 Å². The molecule has 0 radical (unpaired) electrons. The van der Waals surface area contributed by atoms with E-state index in [2.05, 4.69) is 36.0 Å². The molecule has 0 saturated heterocycles. The number of rotatable bonds is 7. The minimum absolute atomic E-state index is 0.0771. The highest BCUT2D eigenvalue weighted by atomic mass is 35.5. The predicted octanol–water partition coefficient (Wildman–Crippen LogP) is 4.39. The van der Waals surface area contributed by atoms with E-state index in [1.54, 1.807) is 11.3 Å². The summed E-state index contributed by atoms with van der Waals surface area (Å²) in [7, 11) is 0. The number of thiophene rings is 1. The van der Waals surface area contributed by atoms with Crippen molar-refractivity contribution in [3.63, 3.8) is 0 Å². The van der Waals surface area contributed by atoms with E-state index in [0.29, 0.717) is 5.02 Å². The fourth-order valence-corrected chi connectivity index (χ4v) is 3.03. The average molecular weight is 310 g/mol. The molecule has 108 valence electrons. The first kappa shape index (κ1) is 15.4. The third kappa shape index (κ3) is 4.51. The molecule has 0 amide bonds. The molecule has 2 nitrogen and oxygen atoms in total. The molecule has 1 N–H and O–H groups in total. The topological polar surface area (TPSA) is 21.3 Å². The standard InChI is InChI=1S/C16H20ClNOS/c1-3-18-16(9-13-7-8-20-11-13)12(2)19-15-6-4-5-14(17)10-15/h4-8,10-12,16,18H,3,9H2,1-2H3. The Morgan fingerprint density at radius 2 is 2.20 bits per heavy atom. The Hall–Kier alpha value is -1.03. The van der Waals surface area contributed by atoms with E-state index in [0.717, 1.165) is 18.7 Å². The van der Waals surface area contributed by atoms with Crippen LogP contribution in [0.4, 0.5) is 0 Å². The third-order valence-corrected chi connectivity index (χ3v) is 4.15. The Balaban J connectivity index is 2.00. The SMILES string of the molecule is CCNC(Cc1ccsc1)C(C)Oc1cccc(Cl)c1. The van der Waals surface area contributed by atoms with Gasteiger partial charge < -0.3 is 10.1 Å². The maximum atomic E-state index is 6.02. The Labute approximate surface area is 129 Å². The van der Waals surface area contributed by atoms with Crippen molar-refractivity contribution in [2.24, 2.45) is 0 Å². The zero-order chi connectivity index (χ0) is 14.4. The summed E-state index contributed by atoms with van der Waals surface area (Å²) in [6, 6.07) is 10.0. The van der Waals surface area contributed by atoms with E-state index in [1.165, 1.54) is 5.56 Å². The van der Waals surface area contributed by atoms with Crippen LogP contribution in [0.2, 0.25) is 5.02 Å². The lowest BCUT2D eigenvalue weighted by molar-refractivity contribution is 0.170. The lowest BCUT2D eigenvalue weighted by Crippen LogP contribution is -2.42. The second kappa shape index (κ2) is 7.67. The molecule has 2 aromatic rings. The fraction of sp³-hybridized carbons (Fsp3) is 0.375. The lowest BCUT2D eigenvalue weighted by atomic mass is 10.0. The maximum Gasteiger partial charge on any atom is 0.121 e. The monoisotopic (exact) mass is 309 g/mol. The van der Waals surface area contributed by atoms with Crippen molar-refractivity contribution in [1.82, 2.24) is 5.32 Å². The van der Waals surface area contributed by atoms with Crippen molar-refractivity contribution in [1.29, 1.82) is 0 Å². The number of halogens is 1. The normalized spacial score (nSPS) is 13.9. The van der Waals surface area contributed by atoms with E-state index < -0.39 is 0 Å². The zero-order valence-corrected chi connectivity index (χ0v) is 13.4. The lowest BCUT2D eigenvalue weighted by Gasteiger charge is -2.25. The Kier molecular flexibility index (Phi) is 5.89. The molecule has 0 saturated carbocycles.